The molecule has 1 fully saturated rings. The van der Waals surface area contributed by atoms with Gasteiger partial charge in [-0.1, -0.05) is 0 Å². The smallest absolute Gasteiger partial charge is 0.250 e. The fourth-order valence-electron chi connectivity index (χ4n) is 0.522. The average molecular weight is 170 g/mol. The van der Waals surface area contributed by atoms with E-state index >= 15 is 0 Å². The molecule has 4 nitrogen and oxygen atoms in total. The van der Waals surface area contributed by atoms with Crippen molar-refractivity contribution in [1.82, 2.24) is 5.06 Å². The van der Waals surface area contributed by atoms with Crippen LogP contribution < -0.4 is 0 Å². The molecule has 0 aromatic carbocycles. The van der Waals surface area contributed by atoms with Crippen LogP contribution in [0.2, 0.25) is 0 Å². The lowest BCUT2D eigenvalue weighted by molar-refractivity contribution is -0.189. The molecule has 1 aliphatic rings. The number of β-lactam (4-membered cyclic amide) rings is 1. The molecule has 0 bridgehead atoms. The number of halogens is 1. The third-order valence-corrected chi connectivity index (χ3v) is 2.50. The number of hydrogen-bond acceptors (Lipinski definition) is 3. The summed E-state index contributed by atoms with van der Waals surface area (Å²) in [4.78, 5) is 10.2. The van der Waals surface area contributed by atoms with E-state index in [2.05, 4.69) is 0 Å². The van der Waals surface area contributed by atoms with Gasteiger partial charge in [-0.2, -0.15) is 0 Å². The number of nitrogens with zero attached hydrogens (tertiary/aromatic N) is 1. The summed E-state index contributed by atoms with van der Waals surface area (Å²) < 4.78 is 10.3. The summed E-state index contributed by atoms with van der Waals surface area (Å²) in [6, 6.07) is 0. The Morgan fingerprint density at radius 3 is 2.56 bits per heavy atom. The van der Waals surface area contributed by atoms with Gasteiger partial charge in [-0.05, 0) is 10.7 Å². The lowest BCUT2D eigenvalue weighted by Gasteiger charge is -2.31. The van der Waals surface area contributed by atoms with Crippen LogP contribution in [0.4, 0.5) is 0 Å². The Morgan fingerprint density at radius 1 is 1.89 bits per heavy atom. The Kier molecular flexibility index (Phi) is 1.74. The quantitative estimate of drug-likeness (QED) is 0.337. The molecular formula is C3H4ClNO3S. The second-order valence-electron chi connectivity index (χ2n) is 1.65. The van der Waals surface area contributed by atoms with E-state index in [9.17, 15) is 9.00 Å². The van der Waals surface area contributed by atoms with Gasteiger partial charge >= 0.3 is 0 Å². The number of carbonyl (C=O) groups is 1. The minimum atomic E-state index is -1.65. The molecular weight excluding hydrogens is 166 g/mol. The van der Waals surface area contributed by atoms with Crippen molar-refractivity contribution in [3.05, 3.63) is 0 Å². The molecule has 0 saturated carbocycles. The number of amides is 1. The highest BCUT2D eigenvalue weighted by Crippen LogP contribution is 2.20. The van der Waals surface area contributed by atoms with Gasteiger partial charge in [0.2, 0.25) is 5.91 Å². The van der Waals surface area contributed by atoms with E-state index in [0.717, 1.165) is 0 Å². The van der Waals surface area contributed by atoms with Gasteiger partial charge in [0.05, 0.1) is 6.42 Å². The lowest BCUT2D eigenvalue weighted by Crippen LogP contribution is -2.51. The molecule has 0 radical (unpaired) electrons. The Hall–Kier alpha value is -0.130. The van der Waals surface area contributed by atoms with Gasteiger partial charge in [0, 0.05) is 0 Å². The molecule has 52 valence electrons. The minimum absolute atomic E-state index is 0.0760. The fraction of sp³-hybridized carbons (Fsp3) is 0.667. The predicted molar refractivity (Wildman–Crippen MR) is 31.0 cm³/mol. The van der Waals surface area contributed by atoms with Crippen molar-refractivity contribution < 1.29 is 14.2 Å². The Morgan fingerprint density at radius 2 is 2.44 bits per heavy atom. The van der Waals surface area contributed by atoms with Crippen molar-refractivity contribution in [2.24, 2.45) is 0 Å². The van der Waals surface area contributed by atoms with Crippen molar-refractivity contribution in [2.45, 2.75) is 11.8 Å². The van der Waals surface area contributed by atoms with Gasteiger partial charge < -0.3 is 0 Å². The molecule has 1 aliphatic heterocycles. The van der Waals surface area contributed by atoms with Crippen molar-refractivity contribution in [3.8, 4) is 0 Å². The number of hydroxylamine groups is 2. The zero-order valence-corrected chi connectivity index (χ0v) is 5.85. The van der Waals surface area contributed by atoms with Crippen molar-refractivity contribution in [3.63, 3.8) is 0 Å². The molecule has 6 heteroatoms. The average Bonchev–Trinajstić information content (AvgIpc) is 1.81. The summed E-state index contributed by atoms with van der Waals surface area (Å²) in [5.41, 5.74) is 0. The van der Waals surface area contributed by atoms with Gasteiger partial charge in [-0.25, -0.2) is 9.27 Å². The first-order valence-corrected chi connectivity index (χ1v) is 4.24. The van der Waals surface area contributed by atoms with E-state index in [-0.39, 0.29) is 6.42 Å². The lowest BCUT2D eigenvalue weighted by atomic mass is 10.3. The first-order valence-electron chi connectivity index (χ1n) is 2.20. The third kappa shape index (κ3) is 1.08. The van der Waals surface area contributed by atoms with Gasteiger partial charge in [0.15, 0.2) is 5.37 Å². The summed E-state index contributed by atoms with van der Waals surface area (Å²) in [5, 5.41) is 8.25. The van der Waals surface area contributed by atoms with Crippen molar-refractivity contribution in [2.75, 3.05) is 0 Å². The summed E-state index contributed by atoms with van der Waals surface area (Å²) in [6.07, 6.45) is 0.0760. The highest BCUT2D eigenvalue weighted by molar-refractivity contribution is 8.08. The second-order valence-corrected chi connectivity index (χ2v) is 3.60. The largest absolute Gasteiger partial charge is 0.285 e. The highest BCUT2D eigenvalue weighted by atomic mass is 35.7. The van der Waals surface area contributed by atoms with Gasteiger partial charge in [-0.15, -0.1) is 0 Å². The van der Waals surface area contributed by atoms with Crippen LogP contribution in [-0.2, 0) is 14.8 Å². The Bertz CT molecular complexity index is 172. The second kappa shape index (κ2) is 2.24. The molecule has 1 N–H and O–H groups in total. The maximum atomic E-state index is 10.3. The summed E-state index contributed by atoms with van der Waals surface area (Å²) >= 11 is 0. The van der Waals surface area contributed by atoms with E-state index < -0.39 is 21.3 Å². The summed E-state index contributed by atoms with van der Waals surface area (Å²) in [5.74, 6) is -0.436. The van der Waals surface area contributed by atoms with Crippen LogP contribution in [0.3, 0.4) is 0 Å². The standard InChI is InChI=1S/C3H4ClNO3S/c4-9(8)3-1-2(6)5(3)7/h3,7H,1H2. The minimum Gasteiger partial charge on any atom is -0.285 e. The summed E-state index contributed by atoms with van der Waals surface area (Å²) in [6.45, 7) is 0. The molecule has 1 saturated heterocycles. The van der Waals surface area contributed by atoms with Gasteiger partial charge in [0.25, 0.3) is 0 Å². The van der Waals surface area contributed by atoms with Crippen LogP contribution >= 0.6 is 10.7 Å². The maximum Gasteiger partial charge on any atom is 0.250 e. The van der Waals surface area contributed by atoms with Crippen LogP contribution in [0.25, 0.3) is 0 Å². The monoisotopic (exact) mass is 169 g/mol. The molecule has 0 aliphatic carbocycles. The summed E-state index contributed by atoms with van der Waals surface area (Å²) in [7, 11) is 3.41. The molecule has 1 heterocycles. The van der Waals surface area contributed by atoms with E-state index in [4.69, 9.17) is 15.9 Å². The Labute approximate surface area is 58.3 Å². The number of carbonyl (C=O) groups excluding carboxylic acids is 1. The molecule has 0 aromatic heterocycles. The van der Waals surface area contributed by atoms with Crippen LogP contribution in [0.1, 0.15) is 6.42 Å². The topological polar surface area (TPSA) is 57.6 Å². The van der Waals surface area contributed by atoms with Crippen LogP contribution in [-0.4, -0.2) is 25.8 Å². The van der Waals surface area contributed by atoms with Crippen molar-refractivity contribution in [1.29, 1.82) is 0 Å². The molecule has 0 aromatic rings. The zero-order chi connectivity index (χ0) is 7.02. The SMILES string of the molecule is O=C1CC(S(=O)Cl)N1O. The molecule has 2 atom stereocenters. The van der Waals surface area contributed by atoms with Gasteiger partial charge in [-0.3, -0.25) is 10.0 Å². The molecule has 1 rings (SSSR count). The molecule has 9 heavy (non-hydrogen) atoms. The van der Waals surface area contributed by atoms with Crippen molar-refractivity contribution >= 4 is 26.6 Å². The van der Waals surface area contributed by atoms with Crippen LogP contribution in [0, 0.1) is 0 Å². The third-order valence-electron chi connectivity index (χ3n) is 1.09. The first-order chi connectivity index (χ1) is 4.13. The maximum absolute atomic E-state index is 10.3. The van der Waals surface area contributed by atoms with Crippen LogP contribution in [0.5, 0.6) is 0 Å². The van der Waals surface area contributed by atoms with E-state index in [1.807, 2.05) is 0 Å². The molecule has 1 amide bonds. The van der Waals surface area contributed by atoms with Crippen LogP contribution in [0.15, 0.2) is 0 Å². The predicted octanol–water partition coefficient (Wildman–Crippen LogP) is -0.164. The fourth-order valence-corrected chi connectivity index (χ4v) is 1.49. The van der Waals surface area contributed by atoms with E-state index in [0.29, 0.717) is 5.06 Å². The number of rotatable bonds is 1. The first kappa shape index (κ1) is 6.98. The van der Waals surface area contributed by atoms with E-state index in [1.54, 1.807) is 0 Å². The van der Waals surface area contributed by atoms with E-state index in [1.165, 1.54) is 0 Å². The molecule has 2 unspecified atom stereocenters. The molecule has 0 spiro atoms. The Balaban J connectivity index is 2.51. The normalized spacial score (nSPS) is 29.8. The highest BCUT2D eigenvalue weighted by Gasteiger charge is 2.39. The number of hydrogen-bond donors (Lipinski definition) is 1. The zero-order valence-electron chi connectivity index (χ0n) is 4.28. The van der Waals surface area contributed by atoms with Gasteiger partial charge in [0.1, 0.15) is 10.0 Å².